The first-order valence-electron chi connectivity index (χ1n) is 4.56. The van der Waals surface area contributed by atoms with Gasteiger partial charge in [0.1, 0.15) is 12.3 Å². The summed E-state index contributed by atoms with van der Waals surface area (Å²) in [6.07, 6.45) is -0.343. The van der Waals surface area contributed by atoms with Gasteiger partial charge in [-0.25, -0.2) is 8.78 Å². The minimum absolute atomic E-state index is 0.104. The molecule has 3 heteroatoms. The first kappa shape index (κ1) is 11.8. The highest BCUT2D eigenvalue weighted by atomic mass is 19.1. The maximum absolute atomic E-state index is 12.6. The lowest BCUT2D eigenvalue weighted by atomic mass is 10.2. The maximum Gasteiger partial charge on any atom is 0.123 e. The Bertz CT molecular complexity index is 86.5. The zero-order valence-corrected chi connectivity index (χ0v) is 7.85. The summed E-state index contributed by atoms with van der Waals surface area (Å²) in [6.45, 7) is 3.98. The number of hydrogen-bond donors (Lipinski definition) is 0. The van der Waals surface area contributed by atoms with E-state index in [-0.39, 0.29) is 6.61 Å². The molecule has 0 aliphatic rings. The Morgan fingerprint density at radius 1 is 1.08 bits per heavy atom. The number of ether oxygens (including phenoxy) is 1. The SMILES string of the molecule is CCC(F)CCOCC(F)CC. The van der Waals surface area contributed by atoms with Gasteiger partial charge in [-0.2, -0.15) is 0 Å². The van der Waals surface area contributed by atoms with Gasteiger partial charge in [-0.05, 0) is 12.8 Å². The second kappa shape index (κ2) is 7.47. The van der Waals surface area contributed by atoms with Crippen molar-refractivity contribution in [3.05, 3.63) is 0 Å². The minimum Gasteiger partial charge on any atom is -0.378 e. The van der Waals surface area contributed by atoms with Gasteiger partial charge < -0.3 is 4.74 Å². The highest BCUT2D eigenvalue weighted by Gasteiger charge is 2.05. The standard InChI is InChI=1S/C9H18F2O/c1-3-8(10)5-6-12-7-9(11)4-2/h8-9H,3-7H2,1-2H3. The molecule has 0 aromatic rings. The number of hydrogen-bond acceptors (Lipinski definition) is 1. The molecule has 12 heavy (non-hydrogen) atoms. The van der Waals surface area contributed by atoms with Crippen LogP contribution in [-0.2, 0) is 4.74 Å². The lowest BCUT2D eigenvalue weighted by Crippen LogP contribution is -2.12. The predicted octanol–water partition coefficient (Wildman–Crippen LogP) is 2.89. The molecule has 0 heterocycles. The van der Waals surface area contributed by atoms with Gasteiger partial charge in [0.15, 0.2) is 0 Å². The Labute approximate surface area is 73.1 Å². The van der Waals surface area contributed by atoms with E-state index in [1.165, 1.54) is 0 Å². The molecule has 0 spiro atoms. The third-order valence-corrected chi connectivity index (χ3v) is 1.76. The highest BCUT2D eigenvalue weighted by molar-refractivity contribution is 4.53. The molecule has 1 nitrogen and oxygen atoms in total. The summed E-state index contributed by atoms with van der Waals surface area (Å²) in [5.74, 6) is 0. The van der Waals surface area contributed by atoms with Gasteiger partial charge in [-0.1, -0.05) is 13.8 Å². The summed E-state index contributed by atoms with van der Waals surface area (Å²) >= 11 is 0. The van der Waals surface area contributed by atoms with Crippen molar-refractivity contribution >= 4 is 0 Å². The summed E-state index contributed by atoms with van der Waals surface area (Å²) in [6, 6.07) is 0. The third-order valence-electron chi connectivity index (χ3n) is 1.76. The Balaban J connectivity index is 3.10. The fraction of sp³-hybridized carbons (Fsp3) is 1.00. The zero-order valence-electron chi connectivity index (χ0n) is 7.85. The largest absolute Gasteiger partial charge is 0.378 e. The first-order chi connectivity index (χ1) is 5.70. The van der Waals surface area contributed by atoms with Gasteiger partial charge in [0.05, 0.1) is 6.61 Å². The van der Waals surface area contributed by atoms with Crippen molar-refractivity contribution in [1.29, 1.82) is 0 Å². The molecule has 0 radical (unpaired) electrons. The Morgan fingerprint density at radius 3 is 2.17 bits per heavy atom. The topological polar surface area (TPSA) is 9.23 Å². The van der Waals surface area contributed by atoms with Crippen LogP contribution >= 0.6 is 0 Å². The molecule has 0 aliphatic carbocycles. The lowest BCUT2D eigenvalue weighted by Gasteiger charge is -2.08. The van der Waals surface area contributed by atoms with E-state index in [1.54, 1.807) is 13.8 Å². The normalized spacial score (nSPS) is 16.0. The molecule has 0 aromatic carbocycles. The van der Waals surface area contributed by atoms with Gasteiger partial charge in [0.25, 0.3) is 0 Å². The molecule has 0 rings (SSSR count). The molecule has 74 valence electrons. The van der Waals surface area contributed by atoms with Crippen molar-refractivity contribution in [3.8, 4) is 0 Å². The molecule has 0 saturated carbocycles. The molecule has 0 aromatic heterocycles. The zero-order chi connectivity index (χ0) is 9.40. The summed E-state index contributed by atoms with van der Waals surface area (Å²) < 4.78 is 30.0. The summed E-state index contributed by atoms with van der Waals surface area (Å²) in [4.78, 5) is 0. The Hall–Kier alpha value is -0.180. The van der Waals surface area contributed by atoms with Crippen LogP contribution in [0.5, 0.6) is 0 Å². The van der Waals surface area contributed by atoms with Gasteiger partial charge in [-0.3, -0.25) is 0 Å². The van der Waals surface area contributed by atoms with Gasteiger partial charge >= 0.3 is 0 Å². The van der Waals surface area contributed by atoms with E-state index in [2.05, 4.69) is 0 Å². The summed E-state index contributed by atoms with van der Waals surface area (Å²) in [5, 5.41) is 0. The molecule has 2 unspecified atom stereocenters. The predicted molar refractivity (Wildman–Crippen MR) is 45.8 cm³/mol. The lowest BCUT2D eigenvalue weighted by molar-refractivity contribution is 0.0658. The summed E-state index contributed by atoms with van der Waals surface area (Å²) in [7, 11) is 0. The highest BCUT2D eigenvalue weighted by Crippen LogP contribution is 2.03. The van der Waals surface area contributed by atoms with Crippen molar-refractivity contribution < 1.29 is 13.5 Å². The second-order valence-corrected chi connectivity index (χ2v) is 2.87. The van der Waals surface area contributed by atoms with Crippen molar-refractivity contribution in [2.24, 2.45) is 0 Å². The van der Waals surface area contributed by atoms with E-state index in [9.17, 15) is 8.78 Å². The van der Waals surface area contributed by atoms with Crippen molar-refractivity contribution in [2.45, 2.75) is 45.5 Å². The van der Waals surface area contributed by atoms with E-state index >= 15 is 0 Å². The molecule has 0 N–H and O–H groups in total. The molecule has 0 bridgehead atoms. The van der Waals surface area contributed by atoms with Crippen LogP contribution in [0.25, 0.3) is 0 Å². The third kappa shape index (κ3) is 6.53. The molecular weight excluding hydrogens is 162 g/mol. The van der Waals surface area contributed by atoms with Crippen LogP contribution in [0.4, 0.5) is 8.78 Å². The minimum atomic E-state index is -0.898. The van der Waals surface area contributed by atoms with Crippen LogP contribution in [0.2, 0.25) is 0 Å². The van der Waals surface area contributed by atoms with Crippen molar-refractivity contribution in [1.82, 2.24) is 0 Å². The first-order valence-corrected chi connectivity index (χ1v) is 4.56. The Kier molecular flexibility index (Phi) is 7.36. The van der Waals surface area contributed by atoms with E-state index in [1.807, 2.05) is 0 Å². The van der Waals surface area contributed by atoms with Crippen molar-refractivity contribution in [2.75, 3.05) is 13.2 Å². The van der Waals surface area contributed by atoms with Crippen LogP contribution in [0.3, 0.4) is 0 Å². The second-order valence-electron chi connectivity index (χ2n) is 2.87. The quantitative estimate of drug-likeness (QED) is 0.547. The number of alkyl halides is 2. The van der Waals surface area contributed by atoms with Crippen LogP contribution in [0, 0.1) is 0 Å². The van der Waals surface area contributed by atoms with Crippen LogP contribution in [0.1, 0.15) is 33.1 Å². The van der Waals surface area contributed by atoms with E-state index in [0.717, 1.165) is 0 Å². The molecule has 0 amide bonds. The van der Waals surface area contributed by atoms with Crippen molar-refractivity contribution in [3.63, 3.8) is 0 Å². The fourth-order valence-corrected chi connectivity index (χ4v) is 0.744. The smallest absolute Gasteiger partial charge is 0.123 e. The average molecular weight is 180 g/mol. The van der Waals surface area contributed by atoms with Gasteiger partial charge in [0, 0.05) is 13.0 Å². The van der Waals surface area contributed by atoms with E-state index in [4.69, 9.17) is 4.74 Å². The molecule has 0 aliphatic heterocycles. The van der Waals surface area contributed by atoms with Crippen LogP contribution in [-0.4, -0.2) is 25.6 Å². The maximum atomic E-state index is 12.6. The van der Waals surface area contributed by atoms with Gasteiger partial charge in [0.2, 0.25) is 0 Å². The van der Waals surface area contributed by atoms with Gasteiger partial charge in [-0.15, -0.1) is 0 Å². The van der Waals surface area contributed by atoms with E-state index in [0.29, 0.717) is 25.9 Å². The number of halogens is 2. The monoisotopic (exact) mass is 180 g/mol. The Morgan fingerprint density at radius 2 is 1.67 bits per heavy atom. The van der Waals surface area contributed by atoms with E-state index < -0.39 is 12.3 Å². The number of rotatable bonds is 7. The molecule has 0 fully saturated rings. The molecular formula is C9H18F2O. The molecule has 2 atom stereocenters. The van der Waals surface area contributed by atoms with Crippen LogP contribution < -0.4 is 0 Å². The van der Waals surface area contributed by atoms with Crippen LogP contribution in [0.15, 0.2) is 0 Å². The average Bonchev–Trinajstić information content (AvgIpc) is 2.11. The molecule has 0 saturated heterocycles. The summed E-state index contributed by atoms with van der Waals surface area (Å²) in [5.41, 5.74) is 0. The fourth-order valence-electron chi connectivity index (χ4n) is 0.744.